The van der Waals surface area contributed by atoms with Crippen LogP contribution in [0.1, 0.15) is 23.2 Å². The number of nitrogens with zero attached hydrogens (tertiary/aromatic N) is 2. The van der Waals surface area contributed by atoms with E-state index >= 15 is 0 Å². The minimum atomic E-state index is 0.126. The molecule has 1 unspecified atom stereocenters. The number of aromatic nitrogens is 1. The molecule has 1 aromatic heterocycles. The standard InChI is InChI=1S/C16H19N3O/c1-17-11-12-5-4-10-19(12)16(20)14-8-9-18-15-7-3-2-6-13(14)15/h2-3,6-9,12,17H,4-5,10-11H2,1H3. The van der Waals surface area contributed by atoms with Gasteiger partial charge in [-0.2, -0.15) is 0 Å². The first-order valence-electron chi connectivity index (χ1n) is 7.10. The molecule has 2 aromatic rings. The Morgan fingerprint density at radius 3 is 3.10 bits per heavy atom. The lowest BCUT2D eigenvalue weighted by molar-refractivity contribution is 0.0739. The molecule has 0 spiro atoms. The van der Waals surface area contributed by atoms with Crippen LogP contribution in [0.25, 0.3) is 10.9 Å². The zero-order valence-corrected chi connectivity index (χ0v) is 11.7. The second kappa shape index (κ2) is 5.59. The fourth-order valence-corrected chi connectivity index (χ4v) is 2.99. The number of pyridine rings is 1. The van der Waals surface area contributed by atoms with Gasteiger partial charge >= 0.3 is 0 Å². The summed E-state index contributed by atoms with van der Waals surface area (Å²) in [5, 5.41) is 4.12. The van der Waals surface area contributed by atoms with Crippen LogP contribution in [-0.4, -0.2) is 42.0 Å². The van der Waals surface area contributed by atoms with E-state index < -0.39 is 0 Å². The number of nitrogens with one attached hydrogen (secondary N) is 1. The molecule has 0 radical (unpaired) electrons. The Labute approximate surface area is 118 Å². The molecule has 4 heteroatoms. The fraction of sp³-hybridized carbons (Fsp3) is 0.375. The SMILES string of the molecule is CNCC1CCCN1C(=O)c1ccnc2ccccc12. The quantitative estimate of drug-likeness (QED) is 0.927. The summed E-state index contributed by atoms with van der Waals surface area (Å²) in [6, 6.07) is 9.96. The van der Waals surface area contributed by atoms with Crippen LogP contribution in [0.4, 0.5) is 0 Å². The van der Waals surface area contributed by atoms with E-state index in [2.05, 4.69) is 10.3 Å². The zero-order valence-electron chi connectivity index (χ0n) is 11.7. The number of benzene rings is 1. The summed E-state index contributed by atoms with van der Waals surface area (Å²) in [5.41, 5.74) is 1.64. The molecule has 1 aromatic carbocycles. The minimum Gasteiger partial charge on any atom is -0.334 e. The Balaban J connectivity index is 1.96. The number of hydrogen-bond donors (Lipinski definition) is 1. The van der Waals surface area contributed by atoms with Crippen molar-refractivity contribution in [3.63, 3.8) is 0 Å². The van der Waals surface area contributed by atoms with Gasteiger partial charge < -0.3 is 10.2 Å². The van der Waals surface area contributed by atoms with Crippen LogP contribution < -0.4 is 5.32 Å². The predicted octanol–water partition coefficient (Wildman–Crippen LogP) is 2.06. The molecule has 1 fully saturated rings. The van der Waals surface area contributed by atoms with Crippen molar-refractivity contribution in [3.8, 4) is 0 Å². The molecule has 104 valence electrons. The third-order valence-electron chi connectivity index (χ3n) is 3.96. The maximum atomic E-state index is 12.8. The van der Waals surface area contributed by atoms with Crippen molar-refractivity contribution in [2.24, 2.45) is 0 Å². The highest BCUT2D eigenvalue weighted by molar-refractivity contribution is 6.06. The number of rotatable bonds is 3. The van der Waals surface area contributed by atoms with Crippen molar-refractivity contribution in [2.75, 3.05) is 20.1 Å². The number of likely N-dealkylation sites (N-methyl/N-ethyl adjacent to an activating group) is 1. The second-order valence-electron chi connectivity index (χ2n) is 5.23. The van der Waals surface area contributed by atoms with Crippen LogP contribution in [0.3, 0.4) is 0 Å². The molecule has 0 bridgehead atoms. The highest BCUT2D eigenvalue weighted by Crippen LogP contribution is 2.23. The summed E-state index contributed by atoms with van der Waals surface area (Å²) < 4.78 is 0. The van der Waals surface area contributed by atoms with E-state index in [-0.39, 0.29) is 5.91 Å². The van der Waals surface area contributed by atoms with Crippen LogP contribution >= 0.6 is 0 Å². The molecule has 1 atom stereocenters. The summed E-state index contributed by atoms with van der Waals surface area (Å²) in [5.74, 6) is 0.126. The summed E-state index contributed by atoms with van der Waals surface area (Å²) >= 11 is 0. The van der Waals surface area contributed by atoms with Gasteiger partial charge in [0.15, 0.2) is 0 Å². The van der Waals surface area contributed by atoms with Gasteiger partial charge in [0, 0.05) is 30.7 Å². The number of hydrogen-bond acceptors (Lipinski definition) is 3. The molecule has 3 rings (SSSR count). The summed E-state index contributed by atoms with van der Waals surface area (Å²) in [6.07, 6.45) is 3.88. The molecule has 1 aliphatic rings. The van der Waals surface area contributed by atoms with Gasteiger partial charge in [-0.3, -0.25) is 9.78 Å². The molecule has 0 aliphatic carbocycles. The maximum absolute atomic E-state index is 12.8. The van der Waals surface area contributed by atoms with E-state index in [1.807, 2.05) is 42.3 Å². The monoisotopic (exact) mass is 269 g/mol. The Morgan fingerprint density at radius 2 is 2.25 bits per heavy atom. The first-order valence-corrected chi connectivity index (χ1v) is 7.10. The van der Waals surface area contributed by atoms with Crippen LogP contribution in [0.15, 0.2) is 36.5 Å². The topological polar surface area (TPSA) is 45.2 Å². The largest absolute Gasteiger partial charge is 0.334 e. The minimum absolute atomic E-state index is 0.126. The second-order valence-corrected chi connectivity index (χ2v) is 5.23. The number of fused-ring (bicyclic) bond motifs is 1. The lowest BCUT2D eigenvalue weighted by Crippen LogP contribution is -2.40. The smallest absolute Gasteiger partial charge is 0.254 e. The zero-order chi connectivity index (χ0) is 13.9. The van der Waals surface area contributed by atoms with Crippen molar-refractivity contribution in [3.05, 3.63) is 42.1 Å². The Hall–Kier alpha value is -1.94. The highest BCUT2D eigenvalue weighted by Gasteiger charge is 2.29. The maximum Gasteiger partial charge on any atom is 0.254 e. The van der Waals surface area contributed by atoms with Crippen molar-refractivity contribution >= 4 is 16.8 Å². The van der Waals surface area contributed by atoms with Crippen LogP contribution in [-0.2, 0) is 0 Å². The highest BCUT2D eigenvalue weighted by atomic mass is 16.2. The van der Waals surface area contributed by atoms with Gasteiger partial charge in [-0.15, -0.1) is 0 Å². The van der Waals surface area contributed by atoms with Crippen molar-refractivity contribution < 1.29 is 4.79 Å². The molecular formula is C16H19N3O. The van der Waals surface area contributed by atoms with Gasteiger partial charge in [-0.05, 0) is 32.0 Å². The number of likely N-dealkylation sites (tertiary alicyclic amines) is 1. The van der Waals surface area contributed by atoms with Crippen LogP contribution in [0.2, 0.25) is 0 Å². The third kappa shape index (κ3) is 2.27. The molecule has 2 heterocycles. The summed E-state index contributed by atoms with van der Waals surface area (Å²) in [4.78, 5) is 19.1. The Kier molecular flexibility index (Phi) is 3.65. The third-order valence-corrected chi connectivity index (χ3v) is 3.96. The number of carbonyl (C=O) groups excluding carboxylic acids is 1. The molecule has 20 heavy (non-hydrogen) atoms. The van der Waals surface area contributed by atoms with Gasteiger partial charge in [-0.1, -0.05) is 18.2 Å². The van der Waals surface area contributed by atoms with E-state index in [4.69, 9.17) is 0 Å². The van der Waals surface area contributed by atoms with Gasteiger partial charge in [0.2, 0.25) is 0 Å². The first kappa shape index (κ1) is 13.1. The van der Waals surface area contributed by atoms with Crippen molar-refractivity contribution in [1.82, 2.24) is 15.2 Å². The van der Waals surface area contributed by atoms with E-state index in [1.54, 1.807) is 6.20 Å². The van der Waals surface area contributed by atoms with Crippen molar-refractivity contribution in [1.29, 1.82) is 0 Å². The van der Waals surface area contributed by atoms with Gasteiger partial charge in [0.25, 0.3) is 5.91 Å². The molecule has 1 amide bonds. The Bertz CT molecular complexity index is 621. The van der Waals surface area contributed by atoms with Gasteiger partial charge in [-0.25, -0.2) is 0 Å². The lowest BCUT2D eigenvalue weighted by atomic mass is 10.1. The van der Waals surface area contributed by atoms with Gasteiger partial charge in [0.1, 0.15) is 0 Å². The molecule has 1 saturated heterocycles. The summed E-state index contributed by atoms with van der Waals surface area (Å²) in [7, 11) is 1.93. The summed E-state index contributed by atoms with van der Waals surface area (Å²) in [6.45, 7) is 1.70. The molecule has 4 nitrogen and oxygen atoms in total. The average molecular weight is 269 g/mol. The number of amides is 1. The van der Waals surface area contributed by atoms with E-state index in [0.717, 1.165) is 42.4 Å². The van der Waals surface area contributed by atoms with Gasteiger partial charge in [0.05, 0.1) is 11.1 Å². The van der Waals surface area contributed by atoms with E-state index in [1.165, 1.54) is 0 Å². The predicted molar refractivity (Wildman–Crippen MR) is 79.7 cm³/mol. The fourth-order valence-electron chi connectivity index (χ4n) is 2.99. The first-order chi connectivity index (χ1) is 9.81. The normalized spacial score (nSPS) is 18.6. The molecule has 0 saturated carbocycles. The number of para-hydroxylation sites is 1. The average Bonchev–Trinajstić information content (AvgIpc) is 2.94. The molecular weight excluding hydrogens is 250 g/mol. The van der Waals surface area contributed by atoms with E-state index in [0.29, 0.717) is 6.04 Å². The van der Waals surface area contributed by atoms with Crippen molar-refractivity contribution in [2.45, 2.75) is 18.9 Å². The van der Waals surface area contributed by atoms with Crippen LogP contribution in [0, 0.1) is 0 Å². The molecule has 1 N–H and O–H groups in total. The Morgan fingerprint density at radius 1 is 1.40 bits per heavy atom. The van der Waals surface area contributed by atoms with Crippen LogP contribution in [0.5, 0.6) is 0 Å². The molecule has 1 aliphatic heterocycles. The number of carbonyl (C=O) groups is 1. The van der Waals surface area contributed by atoms with E-state index in [9.17, 15) is 4.79 Å². The lowest BCUT2D eigenvalue weighted by Gasteiger charge is -2.25.